The number of hydrogen-bond donors (Lipinski definition) is 0. The summed E-state index contributed by atoms with van der Waals surface area (Å²) in [5, 5.41) is 0. The largest absolute Gasteiger partial charge is 0.298 e. The van der Waals surface area contributed by atoms with Gasteiger partial charge in [-0.25, -0.2) is 4.39 Å². The van der Waals surface area contributed by atoms with Crippen molar-refractivity contribution in [2.45, 2.75) is 51.6 Å². The highest BCUT2D eigenvalue weighted by molar-refractivity contribution is 5.26. The highest BCUT2D eigenvalue weighted by Gasteiger charge is 2.35. The Hall–Kier alpha value is -0.930. The smallest absolute Gasteiger partial charge is 0.123 e. The zero-order valence-corrected chi connectivity index (χ0v) is 13.3. The van der Waals surface area contributed by atoms with E-state index in [0.29, 0.717) is 6.04 Å². The molecule has 0 radical (unpaired) electrons. The van der Waals surface area contributed by atoms with Crippen molar-refractivity contribution in [3.05, 3.63) is 35.1 Å². The van der Waals surface area contributed by atoms with E-state index in [1.165, 1.54) is 44.5 Å². The van der Waals surface area contributed by atoms with Crippen molar-refractivity contribution in [3.8, 4) is 0 Å². The van der Waals surface area contributed by atoms with Crippen LogP contribution >= 0.6 is 0 Å². The number of benzene rings is 1. The molecule has 2 aliphatic rings. The summed E-state index contributed by atoms with van der Waals surface area (Å²) in [6.45, 7) is 9.19. The minimum atomic E-state index is -0.123. The first-order valence-corrected chi connectivity index (χ1v) is 8.40. The molecule has 2 fully saturated rings. The molecule has 2 heterocycles. The number of nitrogens with zero attached hydrogens (tertiary/aromatic N) is 2. The Balaban J connectivity index is 1.62. The van der Waals surface area contributed by atoms with Crippen molar-refractivity contribution in [1.29, 1.82) is 0 Å². The summed E-state index contributed by atoms with van der Waals surface area (Å²) in [5.74, 6) is -0.123. The van der Waals surface area contributed by atoms with Crippen LogP contribution in [0.15, 0.2) is 18.2 Å². The van der Waals surface area contributed by atoms with Gasteiger partial charge in [0.1, 0.15) is 5.82 Å². The van der Waals surface area contributed by atoms with Gasteiger partial charge >= 0.3 is 0 Å². The van der Waals surface area contributed by atoms with E-state index in [4.69, 9.17) is 0 Å². The van der Waals surface area contributed by atoms with Crippen molar-refractivity contribution >= 4 is 0 Å². The number of hydrogen-bond acceptors (Lipinski definition) is 2. The Morgan fingerprint density at radius 1 is 1.29 bits per heavy atom. The van der Waals surface area contributed by atoms with Crippen molar-refractivity contribution in [2.24, 2.45) is 0 Å². The third-order valence-electron chi connectivity index (χ3n) is 5.35. The van der Waals surface area contributed by atoms with E-state index in [1.54, 1.807) is 12.1 Å². The van der Waals surface area contributed by atoms with Gasteiger partial charge in [0.25, 0.3) is 0 Å². The molecule has 116 valence electrons. The standard InChI is InChI=1S/C18H27FN2/c1-3-17-12-20-9-4-5-18(20)13-21(17)10-8-15-6-7-16(19)11-14(15)2/h6-7,11,17-18H,3-5,8-10,12-13H2,1-2H3. The van der Waals surface area contributed by atoms with Crippen LogP contribution in [0.1, 0.15) is 37.3 Å². The van der Waals surface area contributed by atoms with Gasteiger partial charge in [-0.2, -0.15) is 0 Å². The lowest BCUT2D eigenvalue weighted by Gasteiger charge is -2.43. The van der Waals surface area contributed by atoms with Crippen LogP contribution in [-0.4, -0.2) is 48.1 Å². The number of rotatable bonds is 4. The molecular formula is C18H27FN2. The zero-order valence-electron chi connectivity index (χ0n) is 13.3. The quantitative estimate of drug-likeness (QED) is 0.840. The first-order valence-electron chi connectivity index (χ1n) is 8.40. The molecule has 0 N–H and O–H groups in total. The Bertz CT molecular complexity index is 488. The molecule has 1 aromatic carbocycles. The summed E-state index contributed by atoms with van der Waals surface area (Å²) in [6.07, 6.45) is 5.00. The monoisotopic (exact) mass is 290 g/mol. The highest BCUT2D eigenvalue weighted by atomic mass is 19.1. The van der Waals surface area contributed by atoms with Crippen molar-refractivity contribution in [3.63, 3.8) is 0 Å². The van der Waals surface area contributed by atoms with Crippen LogP contribution in [0.4, 0.5) is 4.39 Å². The lowest BCUT2D eigenvalue weighted by atomic mass is 10.0. The molecule has 2 aliphatic heterocycles. The molecule has 0 amide bonds. The molecular weight excluding hydrogens is 263 g/mol. The van der Waals surface area contributed by atoms with E-state index in [2.05, 4.69) is 16.7 Å². The second kappa shape index (κ2) is 6.45. The fourth-order valence-electron chi connectivity index (χ4n) is 4.01. The number of aryl methyl sites for hydroxylation is 1. The predicted octanol–water partition coefficient (Wildman–Crippen LogP) is 3.24. The maximum Gasteiger partial charge on any atom is 0.123 e. The molecule has 0 bridgehead atoms. The molecule has 21 heavy (non-hydrogen) atoms. The minimum absolute atomic E-state index is 0.123. The highest BCUT2D eigenvalue weighted by Crippen LogP contribution is 2.26. The van der Waals surface area contributed by atoms with Crippen LogP contribution in [0.25, 0.3) is 0 Å². The second-order valence-corrected chi connectivity index (χ2v) is 6.67. The molecule has 3 rings (SSSR count). The van der Waals surface area contributed by atoms with Gasteiger partial charge in [0.15, 0.2) is 0 Å². The average molecular weight is 290 g/mol. The normalized spacial score (nSPS) is 27.0. The van der Waals surface area contributed by atoms with E-state index in [1.807, 2.05) is 13.0 Å². The van der Waals surface area contributed by atoms with Crippen LogP contribution in [0.3, 0.4) is 0 Å². The first-order chi connectivity index (χ1) is 10.2. The van der Waals surface area contributed by atoms with Gasteiger partial charge in [-0.1, -0.05) is 13.0 Å². The average Bonchev–Trinajstić information content (AvgIpc) is 2.92. The maximum absolute atomic E-state index is 13.2. The van der Waals surface area contributed by atoms with E-state index >= 15 is 0 Å². The maximum atomic E-state index is 13.2. The molecule has 0 aromatic heterocycles. The van der Waals surface area contributed by atoms with Gasteiger partial charge in [-0.05, 0) is 62.4 Å². The van der Waals surface area contributed by atoms with Gasteiger partial charge in [0.05, 0.1) is 0 Å². The van der Waals surface area contributed by atoms with E-state index in [9.17, 15) is 4.39 Å². The lowest BCUT2D eigenvalue weighted by molar-refractivity contribution is 0.0501. The van der Waals surface area contributed by atoms with E-state index in [-0.39, 0.29) is 5.82 Å². The van der Waals surface area contributed by atoms with Crippen LogP contribution in [0.2, 0.25) is 0 Å². The van der Waals surface area contributed by atoms with E-state index in [0.717, 1.165) is 24.6 Å². The molecule has 2 atom stereocenters. The van der Waals surface area contributed by atoms with Crippen LogP contribution in [-0.2, 0) is 6.42 Å². The Morgan fingerprint density at radius 3 is 2.90 bits per heavy atom. The third kappa shape index (κ3) is 3.29. The van der Waals surface area contributed by atoms with Gasteiger partial charge in [0, 0.05) is 31.7 Å². The Morgan fingerprint density at radius 2 is 2.14 bits per heavy atom. The van der Waals surface area contributed by atoms with Crippen molar-refractivity contribution < 1.29 is 4.39 Å². The summed E-state index contributed by atoms with van der Waals surface area (Å²) < 4.78 is 13.2. The third-order valence-corrected chi connectivity index (χ3v) is 5.35. The second-order valence-electron chi connectivity index (χ2n) is 6.67. The number of halogens is 1. The molecule has 1 aromatic rings. The van der Waals surface area contributed by atoms with Crippen molar-refractivity contribution in [2.75, 3.05) is 26.2 Å². The summed E-state index contributed by atoms with van der Waals surface area (Å²) in [6, 6.07) is 6.68. The zero-order chi connectivity index (χ0) is 14.8. The van der Waals surface area contributed by atoms with E-state index < -0.39 is 0 Å². The minimum Gasteiger partial charge on any atom is -0.298 e. The summed E-state index contributed by atoms with van der Waals surface area (Å²) in [5.41, 5.74) is 2.38. The lowest BCUT2D eigenvalue weighted by Crippen LogP contribution is -2.56. The topological polar surface area (TPSA) is 6.48 Å². The summed E-state index contributed by atoms with van der Waals surface area (Å²) in [7, 11) is 0. The molecule has 0 spiro atoms. The van der Waals surface area contributed by atoms with Gasteiger partial charge in [-0.3, -0.25) is 9.80 Å². The number of fused-ring (bicyclic) bond motifs is 1. The van der Waals surface area contributed by atoms with Gasteiger partial charge < -0.3 is 0 Å². The molecule has 0 saturated carbocycles. The fraction of sp³-hybridized carbons (Fsp3) is 0.667. The Kier molecular flexibility index (Phi) is 4.60. The summed E-state index contributed by atoms with van der Waals surface area (Å²) in [4.78, 5) is 5.36. The van der Waals surface area contributed by atoms with Crippen LogP contribution in [0.5, 0.6) is 0 Å². The van der Waals surface area contributed by atoms with Crippen molar-refractivity contribution in [1.82, 2.24) is 9.80 Å². The Labute approximate surface area is 127 Å². The van der Waals surface area contributed by atoms with Gasteiger partial charge in [0.2, 0.25) is 0 Å². The van der Waals surface area contributed by atoms with Crippen LogP contribution in [0, 0.1) is 12.7 Å². The van der Waals surface area contributed by atoms with Gasteiger partial charge in [-0.15, -0.1) is 0 Å². The van der Waals surface area contributed by atoms with Crippen LogP contribution < -0.4 is 0 Å². The fourth-order valence-corrected chi connectivity index (χ4v) is 4.01. The SMILES string of the molecule is CCC1CN2CCCC2CN1CCc1ccc(F)cc1C. The first kappa shape index (κ1) is 15.0. The summed E-state index contributed by atoms with van der Waals surface area (Å²) >= 11 is 0. The number of piperazine rings is 1. The molecule has 2 nitrogen and oxygen atoms in total. The molecule has 3 heteroatoms. The predicted molar refractivity (Wildman–Crippen MR) is 85.1 cm³/mol. The molecule has 2 unspecified atom stereocenters. The molecule has 2 saturated heterocycles. The molecule has 0 aliphatic carbocycles.